The molecule has 4 rings (SSSR count). The Balaban J connectivity index is 1.29. The Labute approximate surface area is 164 Å². The van der Waals surface area contributed by atoms with Crippen molar-refractivity contribution in [3.8, 4) is 5.75 Å². The molecule has 2 heterocycles. The SMILES string of the molecule is COc1ccc(CN2CCC(CNc3ncnc4c(F)cccc34)CC2)cc1. The smallest absolute Gasteiger partial charge is 0.149 e. The predicted octanol–water partition coefficient (Wildman–Crippen LogP) is 4.10. The summed E-state index contributed by atoms with van der Waals surface area (Å²) in [6.45, 7) is 3.98. The molecule has 1 aliphatic heterocycles. The van der Waals surface area contributed by atoms with Gasteiger partial charge < -0.3 is 10.1 Å². The first-order valence-corrected chi connectivity index (χ1v) is 9.71. The molecule has 0 amide bonds. The number of hydrogen-bond donors (Lipinski definition) is 1. The average Bonchev–Trinajstić information content (AvgIpc) is 2.74. The molecule has 146 valence electrons. The summed E-state index contributed by atoms with van der Waals surface area (Å²) in [5.74, 6) is 1.89. The lowest BCUT2D eigenvalue weighted by atomic mass is 9.96. The number of hydrogen-bond acceptors (Lipinski definition) is 5. The standard InChI is InChI=1S/C22H25FN4O/c1-28-18-7-5-17(6-8-18)14-27-11-9-16(10-12-27)13-24-22-19-3-2-4-20(23)21(19)25-15-26-22/h2-8,15-16H,9-14H2,1H3,(H,24,25,26). The van der Waals surface area contributed by atoms with Gasteiger partial charge in [-0.25, -0.2) is 14.4 Å². The highest BCUT2D eigenvalue weighted by Gasteiger charge is 2.19. The third-order valence-electron chi connectivity index (χ3n) is 5.45. The van der Waals surface area contributed by atoms with Crippen LogP contribution in [0.4, 0.5) is 10.2 Å². The van der Waals surface area contributed by atoms with E-state index in [1.807, 2.05) is 18.2 Å². The number of methoxy groups -OCH3 is 1. The number of aromatic nitrogens is 2. The number of piperidine rings is 1. The predicted molar refractivity (Wildman–Crippen MR) is 109 cm³/mol. The molecular formula is C22H25FN4O. The van der Waals surface area contributed by atoms with Crippen LogP contribution in [-0.4, -0.2) is 41.6 Å². The van der Waals surface area contributed by atoms with E-state index in [0.717, 1.165) is 50.2 Å². The first-order chi connectivity index (χ1) is 13.7. The zero-order valence-electron chi connectivity index (χ0n) is 16.1. The van der Waals surface area contributed by atoms with Crippen molar-refractivity contribution in [2.45, 2.75) is 19.4 Å². The van der Waals surface area contributed by atoms with E-state index in [1.165, 1.54) is 18.0 Å². The van der Waals surface area contributed by atoms with Gasteiger partial charge >= 0.3 is 0 Å². The first-order valence-electron chi connectivity index (χ1n) is 9.71. The molecule has 0 aliphatic carbocycles. The second-order valence-electron chi connectivity index (χ2n) is 7.31. The lowest BCUT2D eigenvalue weighted by Crippen LogP contribution is -2.35. The van der Waals surface area contributed by atoms with Gasteiger partial charge in [0.15, 0.2) is 0 Å². The number of halogens is 1. The van der Waals surface area contributed by atoms with Crippen LogP contribution in [0, 0.1) is 11.7 Å². The molecule has 0 atom stereocenters. The Bertz CT molecular complexity index is 923. The minimum Gasteiger partial charge on any atom is -0.497 e. The van der Waals surface area contributed by atoms with E-state index < -0.39 is 0 Å². The largest absolute Gasteiger partial charge is 0.497 e. The molecule has 2 aromatic carbocycles. The third kappa shape index (κ3) is 4.22. The number of nitrogens with one attached hydrogen (secondary N) is 1. The fraction of sp³-hybridized carbons (Fsp3) is 0.364. The topological polar surface area (TPSA) is 50.3 Å². The van der Waals surface area contributed by atoms with Gasteiger partial charge in [-0.15, -0.1) is 0 Å². The molecule has 1 saturated heterocycles. The molecule has 0 saturated carbocycles. The van der Waals surface area contributed by atoms with E-state index >= 15 is 0 Å². The molecule has 3 aromatic rings. The molecule has 1 aliphatic rings. The van der Waals surface area contributed by atoms with Crippen molar-refractivity contribution in [3.63, 3.8) is 0 Å². The molecule has 0 unspecified atom stereocenters. The van der Waals surface area contributed by atoms with Gasteiger partial charge in [0, 0.05) is 18.5 Å². The highest BCUT2D eigenvalue weighted by Crippen LogP contribution is 2.24. The van der Waals surface area contributed by atoms with E-state index in [4.69, 9.17) is 4.74 Å². The number of ether oxygens (including phenoxy) is 1. The second kappa shape index (κ2) is 8.52. The van der Waals surface area contributed by atoms with E-state index in [9.17, 15) is 4.39 Å². The van der Waals surface area contributed by atoms with Crippen molar-refractivity contribution >= 4 is 16.7 Å². The Morgan fingerprint density at radius 2 is 1.89 bits per heavy atom. The van der Waals surface area contributed by atoms with Crippen LogP contribution in [-0.2, 0) is 6.54 Å². The zero-order valence-corrected chi connectivity index (χ0v) is 16.1. The minimum atomic E-state index is -0.310. The van der Waals surface area contributed by atoms with E-state index in [0.29, 0.717) is 17.3 Å². The van der Waals surface area contributed by atoms with Crippen LogP contribution in [0.3, 0.4) is 0 Å². The summed E-state index contributed by atoms with van der Waals surface area (Å²) in [4.78, 5) is 10.9. The Morgan fingerprint density at radius 1 is 1.11 bits per heavy atom. The molecule has 28 heavy (non-hydrogen) atoms. The first kappa shape index (κ1) is 18.6. The number of likely N-dealkylation sites (tertiary alicyclic amines) is 1. The Morgan fingerprint density at radius 3 is 2.64 bits per heavy atom. The van der Waals surface area contributed by atoms with Gasteiger partial charge in [-0.05, 0) is 61.7 Å². The normalized spacial score (nSPS) is 15.6. The van der Waals surface area contributed by atoms with Crippen LogP contribution < -0.4 is 10.1 Å². The monoisotopic (exact) mass is 380 g/mol. The lowest BCUT2D eigenvalue weighted by Gasteiger charge is -2.32. The number of para-hydroxylation sites is 1. The summed E-state index contributed by atoms with van der Waals surface area (Å²) in [6, 6.07) is 13.3. The molecular weight excluding hydrogens is 355 g/mol. The van der Waals surface area contributed by atoms with Crippen molar-refractivity contribution in [2.24, 2.45) is 5.92 Å². The maximum absolute atomic E-state index is 13.9. The van der Waals surface area contributed by atoms with Crippen molar-refractivity contribution < 1.29 is 9.13 Å². The fourth-order valence-corrected chi connectivity index (χ4v) is 3.77. The number of anilines is 1. The third-order valence-corrected chi connectivity index (χ3v) is 5.45. The minimum absolute atomic E-state index is 0.310. The van der Waals surface area contributed by atoms with Crippen LogP contribution in [0.25, 0.3) is 10.9 Å². The summed E-state index contributed by atoms with van der Waals surface area (Å²) in [5.41, 5.74) is 1.68. The van der Waals surface area contributed by atoms with E-state index in [2.05, 4.69) is 32.3 Å². The van der Waals surface area contributed by atoms with Gasteiger partial charge in [0.1, 0.15) is 29.2 Å². The maximum Gasteiger partial charge on any atom is 0.149 e. The van der Waals surface area contributed by atoms with Gasteiger partial charge in [0.2, 0.25) is 0 Å². The lowest BCUT2D eigenvalue weighted by molar-refractivity contribution is 0.182. The molecule has 0 bridgehead atoms. The number of benzene rings is 2. The van der Waals surface area contributed by atoms with Crippen LogP contribution in [0.15, 0.2) is 48.8 Å². The summed E-state index contributed by atoms with van der Waals surface area (Å²) < 4.78 is 19.1. The zero-order chi connectivity index (χ0) is 19.3. The van der Waals surface area contributed by atoms with Crippen molar-refractivity contribution in [2.75, 3.05) is 32.1 Å². The van der Waals surface area contributed by atoms with Gasteiger partial charge in [-0.2, -0.15) is 0 Å². The summed E-state index contributed by atoms with van der Waals surface area (Å²) >= 11 is 0. The summed E-state index contributed by atoms with van der Waals surface area (Å²) in [7, 11) is 1.69. The molecule has 0 spiro atoms. The van der Waals surface area contributed by atoms with Crippen molar-refractivity contribution in [1.82, 2.24) is 14.9 Å². The Kier molecular flexibility index (Phi) is 5.67. The van der Waals surface area contributed by atoms with Crippen LogP contribution in [0.2, 0.25) is 0 Å². The number of fused-ring (bicyclic) bond motifs is 1. The highest BCUT2D eigenvalue weighted by molar-refractivity contribution is 5.89. The molecule has 1 aromatic heterocycles. The van der Waals surface area contributed by atoms with Crippen LogP contribution in [0.1, 0.15) is 18.4 Å². The second-order valence-corrected chi connectivity index (χ2v) is 7.31. The van der Waals surface area contributed by atoms with Crippen LogP contribution >= 0.6 is 0 Å². The number of rotatable bonds is 6. The van der Waals surface area contributed by atoms with Gasteiger partial charge in [0.25, 0.3) is 0 Å². The molecule has 1 N–H and O–H groups in total. The highest BCUT2D eigenvalue weighted by atomic mass is 19.1. The van der Waals surface area contributed by atoms with Gasteiger partial charge in [0.05, 0.1) is 7.11 Å². The fourth-order valence-electron chi connectivity index (χ4n) is 3.77. The van der Waals surface area contributed by atoms with Crippen LogP contribution in [0.5, 0.6) is 5.75 Å². The van der Waals surface area contributed by atoms with Crippen molar-refractivity contribution in [1.29, 1.82) is 0 Å². The molecule has 6 heteroatoms. The summed E-state index contributed by atoms with van der Waals surface area (Å²) in [6.07, 6.45) is 3.70. The van der Waals surface area contributed by atoms with Gasteiger partial charge in [-0.1, -0.05) is 18.2 Å². The average molecular weight is 380 g/mol. The Hall–Kier alpha value is -2.73. The molecule has 1 fully saturated rings. The van der Waals surface area contributed by atoms with E-state index in [-0.39, 0.29) is 5.82 Å². The quantitative estimate of drug-likeness (QED) is 0.698. The molecule has 0 radical (unpaired) electrons. The van der Waals surface area contributed by atoms with E-state index in [1.54, 1.807) is 13.2 Å². The summed E-state index contributed by atoms with van der Waals surface area (Å²) in [5, 5.41) is 4.15. The molecule has 5 nitrogen and oxygen atoms in total. The number of nitrogens with zero attached hydrogens (tertiary/aromatic N) is 3. The van der Waals surface area contributed by atoms with Gasteiger partial charge in [-0.3, -0.25) is 4.90 Å². The van der Waals surface area contributed by atoms with Crippen molar-refractivity contribution in [3.05, 3.63) is 60.2 Å². The maximum atomic E-state index is 13.9.